The fourth-order valence-electron chi connectivity index (χ4n) is 1.74. The summed E-state index contributed by atoms with van der Waals surface area (Å²) in [5.41, 5.74) is 0.538. The first kappa shape index (κ1) is 6.62. The monoisotopic (exact) mass is 142 g/mol. The summed E-state index contributed by atoms with van der Waals surface area (Å²) in [4.78, 5) is 0. The standard InChI is InChI=1S/C8H14O2/c1-2-8(6-10-7-8)3-5-9-4-1/h1-7H2. The predicted molar refractivity (Wildman–Crippen MR) is 37.9 cm³/mol. The molecule has 58 valence electrons. The first-order valence-electron chi connectivity index (χ1n) is 4.07. The van der Waals surface area contributed by atoms with Gasteiger partial charge in [0.2, 0.25) is 0 Å². The zero-order valence-corrected chi connectivity index (χ0v) is 6.27. The minimum absolute atomic E-state index is 0.538. The molecule has 0 aromatic heterocycles. The summed E-state index contributed by atoms with van der Waals surface area (Å²) < 4.78 is 10.6. The lowest BCUT2D eigenvalue weighted by atomic mass is 9.79. The second-order valence-corrected chi connectivity index (χ2v) is 3.46. The van der Waals surface area contributed by atoms with Crippen molar-refractivity contribution in [3.05, 3.63) is 0 Å². The number of hydrogen-bond donors (Lipinski definition) is 0. The fraction of sp³-hybridized carbons (Fsp3) is 1.00. The van der Waals surface area contributed by atoms with Crippen LogP contribution in [-0.2, 0) is 9.47 Å². The maximum atomic E-state index is 5.37. The minimum Gasteiger partial charge on any atom is -0.381 e. The minimum atomic E-state index is 0.538. The second-order valence-electron chi connectivity index (χ2n) is 3.46. The molecule has 2 saturated heterocycles. The average Bonchev–Trinajstić information content (AvgIpc) is 2.08. The van der Waals surface area contributed by atoms with Crippen LogP contribution in [0.25, 0.3) is 0 Å². The Morgan fingerprint density at radius 1 is 0.900 bits per heavy atom. The molecule has 0 aromatic carbocycles. The van der Waals surface area contributed by atoms with Crippen LogP contribution in [0.15, 0.2) is 0 Å². The lowest BCUT2D eigenvalue weighted by molar-refractivity contribution is -0.121. The largest absolute Gasteiger partial charge is 0.381 e. The average molecular weight is 142 g/mol. The molecule has 0 aliphatic carbocycles. The van der Waals surface area contributed by atoms with Gasteiger partial charge in [0.15, 0.2) is 0 Å². The number of ether oxygens (including phenoxy) is 2. The van der Waals surface area contributed by atoms with Crippen molar-refractivity contribution in [2.75, 3.05) is 26.4 Å². The van der Waals surface area contributed by atoms with E-state index in [9.17, 15) is 0 Å². The molecule has 2 aliphatic heterocycles. The molecule has 0 amide bonds. The van der Waals surface area contributed by atoms with E-state index in [0.717, 1.165) is 26.4 Å². The first-order valence-corrected chi connectivity index (χ1v) is 4.07. The van der Waals surface area contributed by atoms with Crippen molar-refractivity contribution in [2.45, 2.75) is 19.3 Å². The van der Waals surface area contributed by atoms with Gasteiger partial charge in [0.25, 0.3) is 0 Å². The van der Waals surface area contributed by atoms with Gasteiger partial charge in [0, 0.05) is 18.6 Å². The molecule has 0 aromatic rings. The number of rotatable bonds is 0. The highest BCUT2D eigenvalue weighted by Gasteiger charge is 2.38. The summed E-state index contributed by atoms with van der Waals surface area (Å²) in [6.07, 6.45) is 3.75. The Morgan fingerprint density at radius 3 is 2.50 bits per heavy atom. The number of hydrogen-bond acceptors (Lipinski definition) is 2. The molecule has 2 heterocycles. The van der Waals surface area contributed by atoms with Crippen LogP contribution in [-0.4, -0.2) is 26.4 Å². The molecule has 0 unspecified atom stereocenters. The normalized spacial score (nSPS) is 31.2. The molecule has 0 saturated carbocycles. The van der Waals surface area contributed by atoms with Gasteiger partial charge >= 0.3 is 0 Å². The van der Waals surface area contributed by atoms with Crippen molar-refractivity contribution in [2.24, 2.45) is 5.41 Å². The molecule has 0 radical (unpaired) electrons. The van der Waals surface area contributed by atoms with Crippen molar-refractivity contribution in [1.82, 2.24) is 0 Å². The summed E-state index contributed by atoms with van der Waals surface area (Å²) in [5.74, 6) is 0. The van der Waals surface area contributed by atoms with Gasteiger partial charge in [0.05, 0.1) is 13.2 Å². The third kappa shape index (κ3) is 1.06. The lowest BCUT2D eigenvalue weighted by Gasteiger charge is -2.40. The van der Waals surface area contributed by atoms with E-state index >= 15 is 0 Å². The Morgan fingerprint density at radius 2 is 1.80 bits per heavy atom. The zero-order chi connectivity index (χ0) is 6.86. The van der Waals surface area contributed by atoms with Crippen LogP contribution in [0.3, 0.4) is 0 Å². The van der Waals surface area contributed by atoms with Crippen molar-refractivity contribution in [3.63, 3.8) is 0 Å². The Labute approximate surface area is 61.5 Å². The molecule has 2 nitrogen and oxygen atoms in total. The van der Waals surface area contributed by atoms with E-state index in [1.165, 1.54) is 19.3 Å². The van der Waals surface area contributed by atoms with Crippen LogP contribution < -0.4 is 0 Å². The first-order chi connectivity index (χ1) is 4.91. The summed E-state index contributed by atoms with van der Waals surface area (Å²) in [6, 6.07) is 0. The summed E-state index contributed by atoms with van der Waals surface area (Å²) >= 11 is 0. The van der Waals surface area contributed by atoms with Gasteiger partial charge in [-0.15, -0.1) is 0 Å². The topological polar surface area (TPSA) is 18.5 Å². The Balaban J connectivity index is 1.92. The van der Waals surface area contributed by atoms with Crippen LogP contribution in [0.1, 0.15) is 19.3 Å². The van der Waals surface area contributed by atoms with E-state index in [1.54, 1.807) is 0 Å². The molecule has 10 heavy (non-hydrogen) atoms. The molecule has 2 fully saturated rings. The smallest absolute Gasteiger partial charge is 0.0545 e. The van der Waals surface area contributed by atoms with Gasteiger partial charge in [-0.1, -0.05) is 0 Å². The highest BCUT2D eigenvalue weighted by molar-refractivity contribution is 4.86. The van der Waals surface area contributed by atoms with E-state index in [-0.39, 0.29) is 0 Å². The van der Waals surface area contributed by atoms with Gasteiger partial charge in [-0.25, -0.2) is 0 Å². The van der Waals surface area contributed by atoms with E-state index in [2.05, 4.69) is 0 Å². The van der Waals surface area contributed by atoms with E-state index in [0.29, 0.717) is 5.41 Å². The van der Waals surface area contributed by atoms with Crippen LogP contribution in [0.2, 0.25) is 0 Å². The van der Waals surface area contributed by atoms with Gasteiger partial charge in [-0.3, -0.25) is 0 Å². The Bertz CT molecular complexity index is 108. The molecule has 0 bridgehead atoms. The Hall–Kier alpha value is -0.0800. The van der Waals surface area contributed by atoms with Gasteiger partial charge < -0.3 is 9.47 Å². The molecular formula is C8H14O2. The van der Waals surface area contributed by atoms with Crippen molar-refractivity contribution >= 4 is 0 Å². The molecule has 1 spiro atoms. The highest BCUT2D eigenvalue weighted by atomic mass is 16.5. The predicted octanol–water partition coefficient (Wildman–Crippen LogP) is 1.20. The molecule has 2 aliphatic rings. The Kier molecular flexibility index (Phi) is 1.66. The SMILES string of the molecule is C1COCCC2(C1)COC2. The molecule has 0 N–H and O–H groups in total. The van der Waals surface area contributed by atoms with Crippen LogP contribution >= 0.6 is 0 Å². The third-order valence-corrected chi connectivity index (χ3v) is 2.59. The van der Waals surface area contributed by atoms with E-state index < -0.39 is 0 Å². The highest BCUT2D eigenvalue weighted by Crippen LogP contribution is 2.37. The maximum absolute atomic E-state index is 5.37. The van der Waals surface area contributed by atoms with E-state index in [4.69, 9.17) is 9.47 Å². The lowest BCUT2D eigenvalue weighted by Crippen LogP contribution is -2.42. The van der Waals surface area contributed by atoms with Crippen LogP contribution in [0.4, 0.5) is 0 Å². The van der Waals surface area contributed by atoms with Crippen molar-refractivity contribution in [3.8, 4) is 0 Å². The van der Waals surface area contributed by atoms with Crippen LogP contribution in [0, 0.1) is 5.41 Å². The summed E-state index contributed by atoms with van der Waals surface area (Å²) in [6.45, 7) is 3.87. The zero-order valence-electron chi connectivity index (χ0n) is 6.27. The molecular weight excluding hydrogens is 128 g/mol. The van der Waals surface area contributed by atoms with Crippen molar-refractivity contribution in [1.29, 1.82) is 0 Å². The quantitative estimate of drug-likeness (QED) is 0.506. The fourth-order valence-corrected chi connectivity index (χ4v) is 1.74. The maximum Gasteiger partial charge on any atom is 0.0545 e. The van der Waals surface area contributed by atoms with Gasteiger partial charge in [-0.05, 0) is 19.3 Å². The van der Waals surface area contributed by atoms with Crippen LogP contribution in [0.5, 0.6) is 0 Å². The van der Waals surface area contributed by atoms with Gasteiger partial charge in [-0.2, -0.15) is 0 Å². The molecule has 2 rings (SSSR count). The summed E-state index contributed by atoms with van der Waals surface area (Å²) in [7, 11) is 0. The summed E-state index contributed by atoms with van der Waals surface area (Å²) in [5, 5.41) is 0. The second kappa shape index (κ2) is 2.51. The molecule has 2 heteroatoms. The van der Waals surface area contributed by atoms with Gasteiger partial charge in [0.1, 0.15) is 0 Å². The van der Waals surface area contributed by atoms with Crippen molar-refractivity contribution < 1.29 is 9.47 Å². The molecule has 0 atom stereocenters. The van der Waals surface area contributed by atoms with E-state index in [1.807, 2.05) is 0 Å². The third-order valence-electron chi connectivity index (χ3n) is 2.59.